The summed E-state index contributed by atoms with van der Waals surface area (Å²) >= 11 is 0. The number of carbonyl (C=O) groups is 1. The molecule has 0 saturated carbocycles. The van der Waals surface area contributed by atoms with Crippen LogP contribution in [0.15, 0.2) is 47.4 Å². The monoisotopic (exact) mass is 349 g/mol. The van der Waals surface area contributed by atoms with Crippen molar-refractivity contribution in [3.63, 3.8) is 0 Å². The highest BCUT2D eigenvalue weighted by Gasteiger charge is 2.14. The summed E-state index contributed by atoms with van der Waals surface area (Å²) in [6, 6.07) is 11.1. The van der Waals surface area contributed by atoms with Crippen LogP contribution < -0.4 is 9.46 Å². The zero-order chi connectivity index (χ0) is 17.7. The molecule has 24 heavy (non-hydrogen) atoms. The third-order valence-electron chi connectivity index (χ3n) is 3.48. The van der Waals surface area contributed by atoms with E-state index in [0.29, 0.717) is 11.4 Å². The third-order valence-corrected chi connectivity index (χ3v) is 4.87. The minimum absolute atomic E-state index is 0.103. The van der Waals surface area contributed by atoms with Gasteiger partial charge in [-0.3, -0.25) is 4.72 Å². The Morgan fingerprint density at radius 1 is 1.04 bits per heavy atom. The average molecular weight is 349 g/mol. The van der Waals surface area contributed by atoms with Crippen LogP contribution in [0.2, 0.25) is 0 Å². The fraction of sp³-hybridized carbons (Fsp3) is 0.235. The molecule has 6 nitrogen and oxygen atoms in total. The molecule has 0 fully saturated rings. The number of esters is 1. The lowest BCUT2D eigenvalue weighted by molar-refractivity contribution is -0.142. The van der Waals surface area contributed by atoms with Gasteiger partial charge in [0.25, 0.3) is 10.0 Å². The molecule has 2 aromatic carbocycles. The van der Waals surface area contributed by atoms with E-state index in [1.54, 1.807) is 12.1 Å². The Hall–Kier alpha value is -2.54. The van der Waals surface area contributed by atoms with E-state index in [0.717, 1.165) is 11.1 Å². The van der Waals surface area contributed by atoms with Crippen molar-refractivity contribution < 1.29 is 22.7 Å². The van der Waals surface area contributed by atoms with E-state index in [-0.39, 0.29) is 11.5 Å². The van der Waals surface area contributed by atoms with Crippen molar-refractivity contribution in [3.8, 4) is 5.75 Å². The Kier molecular flexibility index (Phi) is 5.46. The van der Waals surface area contributed by atoms with Gasteiger partial charge in [-0.15, -0.1) is 0 Å². The third kappa shape index (κ3) is 4.48. The fourth-order valence-electron chi connectivity index (χ4n) is 1.94. The maximum Gasteiger partial charge on any atom is 0.343 e. The molecule has 0 aromatic heterocycles. The molecule has 2 rings (SSSR count). The van der Waals surface area contributed by atoms with Crippen molar-refractivity contribution in [2.45, 2.75) is 18.7 Å². The van der Waals surface area contributed by atoms with E-state index in [4.69, 9.17) is 4.74 Å². The zero-order valence-electron chi connectivity index (χ0n) is 13.7. The van der Waals surface area contributed by atoms with Crippen molar-refractivity contribution in [3.05, 3.63) is 53.6 Å². The number of ether oxygens (including phenoxy) is 2. The minimum atomic E-state index is -3.69. The summed E-state index contributed by atoms with van der Waals surface area (Å²) in [5.74, 6) is -0.131. The van der Waals surface area contributed by atoms with Gasteiger partial charge >= 0.3 is 5.97 Å². The largest absolute Gasteiger partial charge is 0.482 e. The smallest absolute Gasteiger partial charge is 0.343 e. The Balaban J connectivity index is 2.11. The van der Waals surface area contributed by atoms with Gasteiger partial charge in [0.05, 0.1) is 12.0 Å². The van der Waals surface area contributed by atoms with Gasteiger partial charge < -0.3 is 9.47 Å². The summed E-state index contributed by atoms with van der Waals surface area (Å²) in [5.41, 5.74) is 2.59. The number of rotatable bonds is 6. The van der Waals surface area contributed by atoms with E-state index in [1.165, 1.54) is 31.4 Å². The van der Waals surface area contributed by atoms with E-state index in [9.17, 15) is 13.2 Å². The molecule has 0 radical (unpaired) electrons. The van der Waals surface area contributed by atoms with Gasteiger partial charge in [-0.2, -0.15) is 0 Å². The first kappa shape index (κ1) is 17.8. The molecule has 0 bridgehead atoms. The number of anilines is 1. The second-order valence-corrected chi connectivity index (χ2v) is 6.92. The molecule has 0 aliphatic heterocycles. The Morgan fingerprint density at radius 2 is 1.71 bits per heavy atom. The summed E-state index contributed by atoms with van der Waals surface area (Å²) in [4.78, 5) is 11.1. The van der Waals surface area contributed by atoms with Gasteiger partial charge in [-0.25, -0.2) is 13.2 Å². The quantitative estimate of drug-likeness (QED) is 0.811. The van der Waals surface area contributed by atoms with Gasteiger partial charge in [0.2, 0.25) is 0 Å². The molecule has 0 unspecified atom stereocenters. The van der Waals surface area contributed by atoms with Crippen LogP contribution in [0.25, 0.3) is 0 Å². The van der Waals surface area contributed by atoms with Crippen LogP contribution in [-0.4, -0.2) is 28.1 Å². The molecule has 0 saturated heterocycles. The number of sulfonamides is 1. The number of hydrogen-bond donors (Lipinski definition) is 1. The highest BCUT2D eigenvalue weighted by Crippen LogP contribution is 2.21. The molecule has 0 atom stereocenters. The molecule has 7 heteroatoms. The van der Waals surface area contributed by atoms with Crippen LogP contribution in [0.1, 0.15) is 11.1 Å². The number of carbonyl (C=O) groups excluding carboxylic acids is 1. The first-order chi connectivity index (χ1) is 11.3. The summed E-state index contributed by atoms with van der Waals surface area (Å²) in [7, 11) is -2.43. The molecule has 0 aliphatic rings. The maximum atomic E-state index is 12.4. The first-order valence-corrected chi connectivity index (χ1v) is 8.70. The highest BCUT2D eigenvalue weighted by molar-refractivity contribution is 7.92. The fourth-order valence-corrected chi connectivity index (χ4v) is 2.98. The van der Waals surface area contributed by atoms with Crippen LogP contribution in [-0.2, 0) is 19.6 Å². The van der Waals surface area contributed by atoms with Crippen molar-refractivity contribution >= 4 is 21.7 Å². The summed E-state index contributed by atoms with van der Waals surface area (Å²) in [6.45, 7) is 3.64. The van der Waals surface area contributed by atoms with Crippen molar-refractivity contribution in [2.24, 2.45) is 0 Å². The van der Waals surface area contributed by atoms with Crippen LogP contribution in [0, 0.1) is 13.8 Å². The van der Waals surface area contributed by atoms with Crippen LogP contribution in [0.3, 0.4) is 0 Å². The van der Waals surface area contributed by atoms with E-state index in [2.05, 4.69) is 9.46 Å². The molecule has 128 valence electrons. The zero-order valence-corrected chi connectivity index (χ0v) is 14.5. The molecule has 2 aromatic rings. The molecule has 1 N–H and O–H groups in total. The Labute approximate surface area is 141 Å². The lowest BCUT2D eigenvalue weighted by Crippen LogP contribution is -2.14. The first-order valence-electron chi connectivity index (χ1n) is 7.21. The minimum Gasteiger partial charge on any atom is -0.482 e. The predicted octanol–water partition coefficient (Wildman–Crippen LogP) is 2.66. The molecule has 0 spiro atoms. The van der Waals surface area contributed by atoms with Crippen molar-refractivity contribution in [2.75, 3.05) is 18.4 Å². The van der Waals surface area contributed by atoms with E-state index < -0.39 is 16.0 Å². The predicted molar refractivity (Wildman–Crippen MR) is 90.7 cm³/mol. The standard InChI is InChI=1S/C17H19NO5S/c1-12-4-5-14(10-13(12)2)18-24(20,21)16-8-6-15(7-9-16)23-11-17(19)22-3/h4-10,18H,11H2,1-3H3. The van der Waals surface area contributed by atoms with Gasteiger partial charge in [0.15, 0.2) is 6.61 Å². The van der Waals surface area contributed by atoms with Gasteiger partial charge in [-0.05, 0) is 61.4 Å². The van der Waals surface area contributed by atoms with Crippen molar-refractivity contribution in [1.82, 2.24) is 0 Å². The second-order valence-electron chi connectivity index (χ2n) is 5.24. The Morgan fingerprint density at radius 3 is 2.29 bits per heavy atom. The van der Waals surface area contributed by atoms with Gasteiger partial charge in [-0.1, -0.05) is 6.07 Å². The topological polar surface area (TPSA) is 81.7 Å². The second kappa shape index (κ2) is 7.35. The molecule has 0 aliphatic carbocycles. The van der Waals surface area contributed by atoms with Crippen LogP contribution in [0.4, 0.5) is 5.69 Å². The average Bonchev–Trinajstić information content (AvgIpc) is 2.56. The SMILES string of the molecule is COC(=O)COc1ccc(S(=O)(=O)Nc2ccc(C)c(C)c2)cc1. The van der Waals surface area contributed by atoms with Gasteiger partial charge in [0, 0.05) is 5.69 Å². The highest BCUT2D eigenvalue weighted by atomic mass is 32.2. The number of aryl methyl sites for hydroxylation is 2. The number of hydrogen-bond acceptors (Lipinski definition) is 5. The normalized spacial score (nSPS) is 11.0. The molecule has 0 amide bonds. The van der Waals surface area contributed by atoms with E-state index >= 15 is 0 Å². The number of methoxy groups -OCH3 is 1. The Bertz CT molecular complexity index is 829. The van der Waals surface area contributed by atoms with Crippen molar-refractivity contribution in [1.29, 1.82) is 0 Å². The van der Waals surface area contributed by atoms with E-state index in [1.807, 2.05) is 19.9 Å². The number of nitrogens with one attached hydrogen (secondary N) is 1. The number of benzene rings is 2. The van der Waals surface area contributed by atoms with Gasteiger partial charge in [0.1, 0.15) is 5.75 Å². The van der Waals surface area contributed by atoms with Crippen LogP contribution >= 0.6 is 0 Å². The molecular weight excluding hydrogens is 330 g/mol. The lowest BCUT2D eigenvalue weighted by Gasteiger charge is -2.10. The molecular formula is C17H19NO5S. The molecule has 0 heterocycles. The lowest BCUT2D eigenvalue weighted by atomic mass is 10.1. The summed E-state index contributed by atoms with van der Waals surface area (Å²) in [5, 5.41) is 0. The maximum absolute atomic E-state index is 12.4. The van der Waals surface area contributed by atoms with Crippen LogP contribution in [0.5, 0.6) is 5.75 Å². The summed E-state index contributed by atoms with van der Waals surface area (Å²) in [6.07, 6.45) is 0. The summed E-state index contributed by atoms with van der Waals surface area (Å²) < 4.78 is 37.0.